The summed E-state index contributed by atoms with van der Waals surface area (Å²) >= 11 is 0. The van der Waals surface area contributed by atoms with Crippen molar-refractivity contribution < 1.29 is 28.6 Å². The van der Waals surface area contributed by atoms with Crippen LogP contribution >= 0.6 is 0 Å². The van der Waals surface area contributed by atoms with Gasteiger partial charge in [0.1, 0.15) is 13.2 Å². The maximum atomic E-state index is 12.9. The minimum Gasteiger partial charge on any atom is -0.462 e. The lowest BCUT2D eigenvalue weighted by Gasteiger charge is -2.18. The van der Waals surface area contributed by atoms with Crippen LogP contribution in [0.3, 0.4) is 0 Å². The van der Waals surface area contributed by atoms with Gasteiger partial charge in [-0.2, -0.15) is 0 Å². The van der Waals surface area contributed by atoms with E-state index in [1.807, 2.05) is 6.08 Å². The number of hydrogen-bond acceptors (Lipinski definition) is 6. The average Bonchev–Trinajstić information content (AvgIpc) is 3.47. The molecule has 0 radical (unpaired) electrons. The van der Waals surface area contributed by atoms with Crippen LogP contribution in [0, 0.1) is 0 Å². The normalized spacial score (nSPS) is 12.9. The van der Waals surface area contributed by atoms with E-state index in [0.717, 1.165) is 103 Å². The molecule has 0 saturated carbocycles. The van der Waals surface area contributed by atoms with E-state index in [1.165, 1.54) is 173 Å². The first kappa shape index (κ1) is 76.8. The van der Waals surface area contributed by atoms with Crippen molar-refractivity contribution in [3.05, 3.63) is 122 Å². The van der Waals surface area contributed by atoms with Crippen LogP contribution in [0.4, 0.5) is 0 Å². The Kier molecular flexibility index (Phi) is 64.8. The van der Waals surface area contributed by atoms with Crippen LogP contribution < -0.4 is 0 Å². The Balaban J connectivity index is 4.34. The summed E-state index contributed by atoms with van der Waals surface area (Å²) in [6, 6.07) is 0. The number of rotatable bonds is 61. The van der Waals surface area contributed by atoms with Crippen LogP contribution in [0.25, 0.3) is 0 Å². The molecule has 1 unspecified atom stereocenters. The highest BCUT2D eigenvalue weighted by atomic mass is 16.6. The Labute approximate surface area is 501 Å². The Morgan fingerprint density at radius 1 is 0.272 bits per heavy atom. The van der Waals surface area contributed by atoms with Gasteiger partial charge in [0.25, 0.3) is 0 Å². The van der Waals surface area contributed by atoms with Gasteiger partial charge in [0.05, 0.1) is 6.42 Å². The molecule has 0 amide bonds. The van der Waals surface area contributed by atoms with E-state index in [9.17, 15) is 14.4 Å². The molecule has 462 valence electrons. The largest absolute Gasteiger partial charge is 0.462 e. The molecule has 0 spiro atoms. The van der Waals surface area contributed by atoms with E-state index in [1.54, 1.807) is 6.08 Å². The van der Waals surface area contributed by atoms with Crippen LogP contribution in [0.1, 0.15) is 316 Å². The number of carbonyl (C=O) groups excluding carboxylic acids is 3. The number of unbranched alkanes of at least 4 members (excludes halogenated alkanes) is 31. The van der Waals surface area contributed by atoms with Gasteiger partial charge < -0.3 is 14.2 Å². The lowest BCUT2D eigenvalue weighted by Crippen LogP contribution is -2.30. The van der Waals surface area contributed by atoms with Crippen molar-refractivity contribution in [1.29, 1.82) is 0 Å². The van der Waals surface area contributed by atoms with Crippen LogP contribution in [0.15, 0.2) is 122 Å². The molecule has 81 heavy (non-hydrogen) atoms. The zero-order valence-corrected chi connectivity index (χ0v) is 53.0. The van der Waals surface area contributed by atoms with E-state index < -0.39 is 12.1 Å². The summed E-state index contributed by atoms with van der Waals surface area (Å²) in [7, 11) is 0. The second kappa shape index (κ2) is 68.3. The highest BCUT2D eigenvalue weighted by Crippen LogP contribution is 2.17. The third-order valence-electron chi connectivity index (χ3n) is 14.5. The fraction of sp³-hybridized carbons (Fsp3) is 0.693. The number of ether oxygens (including phenoxy) is 3. The lowest BCUT2D eigenvalue weighted by molar-refractivity contribution is -0.166. The highest BCUT2D eigenvalue weighted by Gasteiger charge is 2.19. The highest BCUT2D eigenvalue weighted by molar-refractivity contribution is 5.72. The molecule has 0 aromatic rings. The van der Waals surface area contributed by atoms with Gasteiger partial charge in [-0.1, -0.05) is 328 Å². The van der Waals surface area contributed by atoms with Crippen molar-refractivity contribution >= 4 is 17.9 Å². The van der Waals surface area contributed by atoms with Crippen molar-refractivity contribution in [3.63, 3.8) is 0 Å². The summed E-state index contributed by atoms with van der Waals surface area (Å²) < 4.78 is 16.9. The van der Waals surface area contributed by atoms with Crippen molar-refractivity contribution in [2.75, 3.05) is 13.2 Å². The van der Waals surface area contributed by atoms with E-state index in [-0.39, 0.29) is 31.6 Å². The SMILES string of the molecule is CC/C=C\C/C=C\C/C=C\C/C=C\C/C=C\CCCCCCCCCCCCCCCC(=O)OCC(COC(=O)C/C=C\C/C=C\C/C=C\C/C=C\C/C=C\CC)OC(=O)CCCCCCCCCCCCCCCCCCCCC. The van der Waals surface area contributed by atoms with E-state index in [0.29, 0.717) is 12.8 Å². The summed E-state index contributed by atoms with van der Waals surface area (Å²) in [6.45, 7) is 6.36. The number of esters is 3. The molecule has 0 aromatic heterocycles. The van der Waals surface area contributed by atoms with Gasteiger partial charge in [-0.3, -0.25) is 14.4 Å². The molecule has 0 saturated heterocycles. The predicted octanol–water partition coefficient (Wildman–Crippen LogP) is 23.6. The molecule has 0 N–H and O–H groups in total. The van der Waals surface area contributed by atoms with Crippen LogP contribution in [0.2, 0.25) is 0 Å². The fourth-order valence-electron chi connectivity index (χ4n) is 9.49. The Bertz CT molecular complexity index is 1670. The molecule has 0 rings (SSSR count). The minimum atomic E-state index is -0.820. The van der Waals surface area contributed by atoms with Gasteiger partial charge in [0, 0.05) is 12.8 Å². The van der Waals surface area contributed by atoms with Crippen LogP contribution in [-0.2, 0) is 28.6 Å². The predicted molar refractivity (Wildman–Crippen MR) is 353 cm³/mol. The van der Waals surface area contributed by atoms with Crippen molar-refractivity contribution in [2.45, 2.75) is 322 Å². The topological polar surface area (TPSA) is 78.9 Å². The minimum absolute atomic E-state index is 0.107. The molecule has 0 aliphatic carbocycles. The summed E-state index contributed by atoms with van der Waals surface area (Å²) in [6.07, 6.45) is 95.3. The zero-order chi connectivity index (χ0) is 58.5. The maximum absolute atomic E-state index is 12.9. The molecule has 1 atom stereocenters. The van der Waals surface area contributed by atoms with Crippen molar-refractivity contribution in [2.24, 2.45) is 0 Å². The van der Waals surface area contributed by atoms with Crippen molar-refractivity contribution in [1.82, 2.24) is 0 Å². The summed E-state index contributed by atoms with van der Waals surface area (Å²) in [5, 5.41) is 0. The van der Waals surface area contributed by atoms with E-state index >= 15 is 0 Å². The molecular formula is C75H126O6. The molecule has 0 heterocycles. The van der Waals surface area contributed by atoms with Gasteiger partial charge in [0.15, 0.2) is 6.10 Å². The molecule has 0 aliphatic rings. The van der Waals surface area contributed by atoms with Gasteiger partial charge in [-0.05, 0) is 89.9 Å². The summed E-state index contributed by atoms with van der Waals surface area (Å²) in [4.78, 5) is 38.3. The van der Waals surface area contributed by atoms with Crippen LogP contribution in [0.5, 0.6) is 0 Å². The average molecular weight is 1120 g/mol. The Morgan fingerprint density at radius 3 is 0.864 bits per heavy atom. The summed E-state index contributed by atoms with van der Waals surface area (Å²) in [5.74, 6) is -1.03. The number of hydrogen-bond donors (Lipinski definition) is 0. The lowest BCUT2D eigenvalue weighted by atomic mass is 10.0. The molecule has 0 aliphatic heterocycles. The Morgan fingerprint density at radius 2 is 0.531 bits per heavy atom. The Hall–Kier alpha value is -4.19. The monoisotopic (exact) mass is 1120 g/mol. The van der Waals surface area contributed by atoms with Crippen LogP contribution in [-0.4, -0.2) is 37.2 Å². The third-order valence-corrected chi connectivity index (χ3v) is 14.5. The maximum Gasteiger partial charge on any atom is 0.309 e. The first-order chi connectivity index (χ1) is 40.0. The zero-order valence-electron chi connectivity index (χ0n) is 53.0. The second-order valence-corrected chi connectivity index (χ2v) is 22.3. The second-order valence-electron chi connectivity index (χ2n) is 22.3. The standard InChI is InChI=1S/C75H126O6/c1-4-7-10-13-16-19-22-25-28-30-32-33-34-35-36-37-38-39-40-41-43-44-47-50-53-56-59-62-65-68-74(77)80-71-72(70-79-73(76)67-64-61-58-55-52-49-46-27-24-21-18-15-12-9-6-3)81-75(78)69-66-63-60-57-54-51-48-45-42-31-29-26-23-20-17-14-11-8-5-2/h7,9-10,12,16,18-19,21,25,27-28,32-33,35-36,46,52,55,61,64,72H,4-6,8,11,13-15,17,20,22-24,26,29-31,34,37-45,47-51,53-54,56-60,62-63,65-71H2,1-3H3/b10-7-,12-9-,19-16-,21-18-,28-25-,33-32-,36-35-,46-27-,55-52-,64-61-. The molecule has 0 fully saturated rings. The summed E-state index contributed by atoms with van der Waals surface area (Å²) in [5.41, 5.74) is 0. The molecule has 0 bridgehead atoms. The van der Waals surface area contributed by atoms with Gasteiger partial charge in [0.2, 0.25) is 0 Å². The smallest absolute Gasteiger partial charge is 0.309 e. The van der Waals surface area contributed by atoms with Crippen molar-refractivity contribution in [3.8, 4) is 0 Å². The molecule has 6 nitrogen and oxygen atoms in total. The first-order valence-electron chi connectivity index (χ1n) is 34.0. The first-order valence-corrected chi connectivity index (χ1v) is 34.0. The van der Waals surface area contributed by atoms with Gasteiger partial charge >= 0.3 is 17.9 Å². The fourth-order valence-corrected chi connectivity index (χ4v) is 9.49. The number of carbonyl (C=O) groups is 3. The van der Waals surface area contributed by atoms with E-state index in [4.69, 9.17) is 14.2 Å². The molecule has 0 aromatic carbocycles. The van der Waals surface area contributed by atoms with E-state index in [2.05, 4.69) is 130 Å². The van der Waals surface area contributed by atoms with Gasteiger partial charge in [-0.15, -0.1) is 0 Å². The molecule has 6 heteroatoms. The number of allylic oxidation sites excluding steroid dienone is 19. The van der Waals surface area contributed by atoms with Gasteiger partial charge in [-0.25, -0.2) is 0 Å². The quantitative estimate of drug-likeness (QED) is 0.0261. The third kappa shape index (κ3) is 66.5. The molecular weight excluding hydrogens is 997 g/mol.